The van der Waals surface area contributed by atoms with Crippen LogP contribution in [0.1, 0.15) is 23.3 Å². The fourth-order valence-corrected chi connectivity index (χ4v) is 4.34. The highest BCUT2D eigenvalue weighted by atomic mass is 32.2. The van der Waals surface area contributed by atoms with Crippen molar-refractivity contribution < 1.29 is 8.42 Å². The van der Waals surface area contributed by atoms with E-state index in [1.54, 1.807) is 6.07 Å². The van der Waals surface area contributed by atoms with Crippen LogP contribution in [0.25, 0.3) is 0 Å². The van der Waals surface area contributed by atoms with E-state index in [9.17, 15) is 8.42 Å². The molecule has 6 heteroatoms. The van der Waals surface area contributed by atoms with Crippen LogP contribution in [0.2, 0.25) is 0 Å². The van der Waals surface area contributed by atoms with Gasteiger partial charge in [0.15, 0.2) is 0 Å². The van der Waals surface area contributed by atoms with Gasteiger partial charge in [-0.15, -0.1) is 11.3 Å². The lowest BCUT2D eigenvalue weighted by molar-refractivity contribution is 0.583. The third-order valence-corrected chi connectivity index (χ3v) is 6.33. The van der Waals surface area contributed by atoms with Crippen LogP contribution in [0.15, 0.2) is 46.7 Å². The molecule has 0 amide bonds. The zero-order valence-electron chi connectivity index (χ0n) is 11.6. The third-order valence-electron chi connectivity index (χ3n) is 3.35. The molecule has 112 valence electrons. The molecule has 3 rings (SSSR count). The van der Waals surface area contributed by atoms with Crippen LogP contribution in [0, 0.1) is 0 Å². The van der Waals surface area contributed by atoms with E-state index in [1.165, 1.54) is 24.2 Å². The molecule has 0 unspecified atom stereocenters. The molecule has 0 spiro atoms. The highest BCUT2D eigenvalue weighted by molar-refractivity contribution is 7.91. The summed E-state index contributed by atoms with van der Waals surface area (Å²) in [5.41, 5.74) is 0.952. The molecule has 1 aromatic carbocycles. The Morgan fingerprint density at radius 1 is 1.05 bits per heavy atom. The van der Waals surface area contributed by atoms with Crippen LogP contribution in [0.4, 0.5) is 0 Å². The van der Waals surface area contributed by atoms with Gasteiger partial charge in [-0.2, -0.15) is 0 Å². The summed E-state index contributed by atoms with van der Waals surface area (Å²) >= 11 is 1.33. The third kappa shape index (κ3) is 4.14. The molecule has 0 radical (unpaired) electrons. The van der Waals surface area contributed by atoms with Crippen LogP contribution in [-0.4, -0.2) is 14.5 Å². The number of sulfonamides is 1. The van der Waals surface area contributed by atoms with Gasteiger partial charge in [-0.25, -0.2) is 13.1 Å². The summed E-state index contributed by atoms with van der Waals surface area (Å²) < 4.78 is 27.5. The van der Waals surface area contributed by atoms with Gasteiger partial charge in [0.2, 0.25) is 10.0 Å². The second-order valence-corrected chi connectivity index (χ2v) is 8.35. The van der Waals surface area contributed by atoms with Crippen molar-refractivity contribution in [3.05, 3.63) is 52.9 Å². The molecular weight excluding hydrogens is 304 g/mol. The maximum atomic E-state index is 12.2. The first-order chi connectivity index (χ1) is 10.1. The average molecular weight is 322 g/mol. The minimum atomic E-state index is -3.42. The molecule has 1 fully saturated rings. The zero-order chi connectivity index (χ0) is 14.7. The standard InChI is InChI=1S/C15H18N2O2S2/c18-21(19,17-10-12-4-2-1-3-5-12)15-9-8-14(20-15)11-16-13-6-7-13/h1-5,8-9,13,16-17H,6-7,10-11H2. The quantitative estimate of drug-likeness (QED) is 0.823. The largest absolute Gasteiger partial charge is 0.309 e. The second-order valence-electron chi connectivity index (χ2n) is 5.19. The average Bonchev–Trinajstić information content (AvgIpc) is 3.20. The van der Waals surface area contributed by atoms with Gasteiger partial charge in [-0.3, -0.25) is 0 Å². The van der Waals surface area contributed by atoms with E-state index in [-0.39, 0.29) is 0 Å². The Hall–Kier alpha value is -1.21. The Morgan fingerprint density at radius 2 is 1.81 bits per heavy atom. The summed E-state index contributed by atoms with van der Waals surface area (Å²) in [6, 6.07) is 13.7. The van der Waals surface area contributed by atoms with Crippen LogP contribution in [0.3, 0.4) is 0 Å². The molecule has 4 nitrogen and oxygen atoms in total. The van der Waals surface area contributed by atoms with Gasteiger partial charge in [0, 0.05) is 24.0 Å². The smallest absolute Gasteiger partial charge is 0.250 e. The number of hydrogen-bond acceptors (Lipinski definition) is 4. The van der Waals surface area contributed by atoms with Gasteiger partial charge >= 0.3 is 0 Å². The molecule has 0 aliphatic heterocycles. The lowest BCUT2D eigenvalue weighted by Crippen LogP contribution is -2.22. The monoisotopic (exact) mass is 322 g/mol. The minimum absolute atomic E-state index is 0.316. The fourth-order valence-electron chi connectivity index (χ4n) is 1.98. The number of thiophene rings is 1. The Kier molecular flexibility index (Phi) is 4.40. The Morgan fingerprint density at radius 3 is 2.52 bits per heavy atom. The van der Waals surface area contributed by atoms with Gasteiger partial charge in [0.05, 0.1) is 0 Å². The summed E-state index contributed by atoms with van der Waals surface area (Å²) in [6.07, 6.45) is 2.46. The van der Waals surface area contributed by atoms with Crippen molar-refractivity contribution in [3.8, 4) is 0 Å². The number of nitrogens with one attached hydrogen (secondary N) is 2. The molecule has 1 aromatic heterocycles. The molecular formula is C15H18N2O2S2. The summed E-state index contributed by atoms with van der Waals surface area (Å²) in [7, 11) is -3.42. The van der Waals surface area contributed by atoms with E-state index >= 15 is 0 Å². The maximum absolute atomic E-state index is 12.2. The Balaban J connectivity index is 1.61. The van der Waals surface area contributed by atoms with E-state index in [1.807, 2.05) is 36.4 Å². The normalized spacial score (nSPS) is 15.2. The van der Waals surface area contributed by atoms with Crippen LogP contribution >= 0.6 is 11.3 Å². The molecule has 0 saturated heterocycles. The van der Waals surface area contributed by atoms with Gasteiger partial charge < -0.3 is 5.32 Å². The van der Waals surface area contributed by atoms with Crippen molar-refractivity contribution in [2.45, 2.75) is 36.2 Å². The summed E-state index contributed by atoms with van der Waals surface area (Å²) in [5.74, 6) is 0. The highest BCUT2D eigenvalue weighted by Gasteiger charge is 2.21. The van der Waals surface area contributed by atoms with E-state index in [2.05, 4.69) is 10.0 Å². The van der Waals surface area contributed by atoms with Gasteiger partial charge in [-0.05, 0) is 30.5 Å². The summed E-state index contributed by atoms with van der Waals surface area (Å²) in [6.45, 7) is 1.07. The van der Waals surface area contributed by atoms with Crippen molar-refractivity contribution >= 4 is 21.4 Å². The van der Waals surface area contributed by atoms with Gasteiger partial charge in [0.25, 0.3) is 0 Å². The molecule has 0 atom stereocenters. The van der Waals surface area contributed by atoms with Crippen LogP contribution in [-0.2, 0) is 23.1 Å². The summed E-state index contributed by atoms with van der Waals surface area (Å²) in [4.78, 5) is 1.06. The molecule has 0 bridgehead atoms. The Bertz CT molecular complexity index is 691. The predicted molar refractivity (Wildman–Crippen MR) is 84.6 cm³/mol. The first kappa shape index (κ1) is 14.7. The van der Waals surface area contributed by atoms with E-state index in [0.29, 0.717) is 16.8 Å². The van der Waals surface area contributed by atoms with Crippen LogP contribution < -0.4 is 10.0 Å². The van der Waals surface area contributed by atoms with Crippen molar-refractivity contribution in [1.29, 1.82) is 0 Å². The molecule has 2 N–H and O–H groups in total. The predicted octanol–water partition coefficient (Wildman–Crippen LogP) is 2.48. The molecule has 1 saturated carbocycles. The van der Waals surface area contributed by atoms with Crippen molar-refractivity contribution in [3.63, 3.8) is 0 Å². The number of rotatable bonds is 7. The lowest BCUT2D eigenvalue weighted by Gasteiger charge is -2.04. The summed E-state index contributed by atoms with van der Waals surface area (Å²) in [5, 5.41) is 3.39. The van der Waals surface area contributed by atoms with Gasteiger partial charge in [-0.1, -0.05) is 30.3 Å². The Labute approximate surface area is 129 Å². The van der Waals surface area contributed by atoms with Crippen molar-refractivity contribution in [2.24, 2.45) is 0 Å². The molecule has 1 aliphatic carbocycles. The van der Waals surface area contributed by atoms with Crippen LogP contribution in [0.5, 0.6) is 0 Å². The maximum Gasteiger partial charge on any atom is 0.250 e. The lowest BCUT2D eigenvalue weighted by atomic mass is 10.2. The minimum Gasteiger partial charge on any atom is -0.309 e. The second kappa shape index (κ2) is 6.27. The van der Waals surface area contributed by atoms with Gasteiger partial charge in [0.1, 0.15) is 4.21 Å². The van der Waals surface area contributed by atoms with E-state index in [4.69, 9.17) is 0 Å². The highest BCUT2D eigenvalue weighted by Crippen LogP contribution is 2.24. The molecule has 2 aromatic rings. The van der Waals surface area contributed by atoms with Crippen molar-refractivity contribution in [1.82, 2.24) is 10.0 Å². The molecule has 21 heavy (non-hydrogen) atoms. The zero-order valence-corrected chi connectivity index (χ0v) is 13.2. The first-order valence-electron chi connectivity index (χ1n) is 6.99. The topological polar surface area (TPSA) is 58.2 Å². The fraction of sp³-hybridized carbons (Fsp3) is 0.333. The number of benzene rings is 1. The van der Waals surface area contributed by atoms with E-state index in [0.717, 1.165) is 17.0 Å². The first-order valence-corrected chi connectivity index (χ1v) is 9.29. The molecule has 1 heterocycles. The number of hydrogen-bond donors (Lipinski definition) is 2. The van der Waals surface area contributed by atoms with Crippen molar-refractivity contribution in [2.75, 3.05) is 0 Å². The van der Waals surface area contributed by atoms with E-state index < -0.39 is 10.0 Å². The molecule has 1 aliphatic rings. The SMILES string of the molecule is O=S(=O)(NCc1ccccc1)c1ccc(CNC2CC2)s1.